The van der Waals surface area contributed by atoms with Gasteiger partial charge in [-0.15, -0.1) is 0 Å². The topological polar surface area (TPSA) is 72.9 Å². The minimum absolute atomic E-state index is 0.0201. The van der Waals surface area contributed by atoms with Gasteiger partial charge in [0.2, 0.25) is 11.8 Å². The lowest BCUT2D eigenvalue weighted by Crippen LogP contribution is -2.53. The van der Waals surface area contributed by atoms with Gasteiger partial charge in [-0.1, -0.05) is 36.2 Å². The van der Waals surface area contributed by atoms with Crippen molar-refractivity contribution >= 4 is 35.1 Å². The molecule has 0 aromatic heterocycles. The molecule has 10 heteroatoms. The van der Waals surface area contributed by atoms with Crippen LogP contribution >= 0.6 is 23.2 Å². The van der Waals surface area contributed by atoms with Crippen molar-refractivity contribution in [3.63, 3.8) is 0 Å². The van der Waals surface area contributed by atoms with Crippen LogP contribution in [0.4, 0.5) is 8.78 Å². The molecular weight excluding hydrogens is 523 g/mol. The number of nitrogens with one attached hydrogen (secondary N) is 1. The number of carboxylic acids is 1. The predicted octanol–water partition coefficient (Wildman–Crippen LogP) is 5.31. The number of likely N-dealkylation sites (tertiary alicyclic amines) is 2. The van der Waals surface area contributed by atoms with Crippen molar-refractivity contribution in [3.05, 3.63) is 33.8 Å². The summed E-state index contributed by atoms with van der Waals surface area (Å²) >= 11 is 12.7. The standard InChI is InChI=1S/C27H37Cl2F2N3O3/c1-18-14-34(16-21-22(28)3-2-4-23(21)29)17-26(18,13-24(35)36)25(37)32-20-7-11-33(12-8-20)15-19-5-9-27(30,31)10-6-19/h2-4,18-20H,5-17H2,1H3,(H,32,37)(H,35,36). The highest BCUT2D eigenvalue weighted by Crippen LogP contribution is 2.41. The molecule has 0 radical (unpaired) electrons. The summed E-state index contributed by atoms with van der Waals surface area (Å²) in [4.78, 5) is 29.9. The first-order valence-corrected chi connectivity index (χ1v) is 14.0. The van der Waals surface area contributed by atoms with E-state index in [1.165, 1.54) is 0 Å². The van der Waals surface area contributed by atoms with Crippen LogP contribution in [0.3, 0.4) is 0 Å². The number of halogens is 4. The van der Waals surface area contributed by atoms with E-state index in [9.17, 15) is 23.5 Å². The lowest BCUT2D eigenvalue weighted by molar-refractivity contribution is -0.147. The van der Waals surface area contributed by atoms with Crippen molar-refractivity contribution < 1.29 is 23.5 Å². The van der Waals surface area contributed by atoms with Crippen LogP contribution in [0, 0.1) is 17.3 Å². The number of amides is 1. The van der Waals surface area contributed by atoms with Crippen LogP contribution < -0.4 is 5.32 Å². The normalized spacial score (nSPS) is 27.9. The van der Waals surface area contributed by atoms with E-state index in [2.05, 4.69) is 15.1 Å². The number of carbonyl (C=O) groups excluding carboxylic acids is 1. The first kappa shape index (κ1) is 28.5. The minimum atomic E-state index is -2.51. The quantitative estimate of drug-likeness (QED) is 0.451. The zero-order valence-corrected chi connectivity index (χ0v) is 22.8. The second-order valence-electron chi connectivity index (χ2n) is 11.3. The zero-order valence-electron chi connectivity index (χ0n) is 21.3. The van der Waals surface area contributed by atoms with Crippen molar-refractivity contribution in [2.75, 3.05) is 32.7 Å². The molecule has 2 N–H and O–H groups in total. The summed E-state index contributed by atoms with van der Waals surface area (Å²) in [6.07, 6.45) is 2.39. The van der Waals surface area contributed by atoms with Gasteiger partial charge in [-0.3, -0.25) is 14.5 Å². The van der Waals surface area contributed by atoms with Gasteiger partial charge >= 0.3 is 5.97 Å². The van der Waals surface area contributed by atoms with Gasteiger partial charge in [0, 0.05) is 73.8 Å². The van der Waals surface area contributed by atoms with Crippen molar-refractivity contribution in [3.8, 4) is 0 Å². The summed E-state index contributed by atoms with van der Waals surface area (Å²) in [5.74, 6) is -3.56. The highest BCUT2D eigenvalue weighted by molar-refractivity contribution is 6.35. The summed E-state index contributed by atoms with van der Waals surface area (Å²) in [5.41, 5.74) is -0.261. The van der Waals surface area contributed by atoms with E-state index in [1.54, 1.807) is 18.2 Å². The number of alkyl halides is 2. The molecule has 2 saturated heterocycles. The van der Waals surface area contributed by atoms with E-state index in [1.807, 2.05) is 6.92 Å². The molecule has 37 heavy (non-hydrogen) atoms. The molecule has 1 amide bonds. The lowest BCUT2D eigenvalue weighted by atomic mass is 9.75. The molecule has 1 aromatic carbocycles. The monoisotopic (exact) mass is 559 g/mol. The Bertz CT molecular complexity index is 959. The number of rotatable bonds is 8. The lowest BCUT2D eigenvalue weighted by Gasteiger charge is -2.38. The molecular formula is C27H37Cl2F2N3O3. The maximum atomic E-state index is 13.6. The molecule has 1 aliphatic carbocycles. The Kier molecular flexibility index (Phi) is 9.04. The van der Waals surface area contributed by atoms with Crippen molar-refractivity contribution in [2.24, 2.45) is 17.3 Å². The molecule has 1 saturated carbocycles. The van der Waals surface area contributed by atoms with Crippen LogP contribution in [-0.2, 0) is 16.1 Å². The molecule has 0 spiro atoms. The molecule has 2 unspecified atom stereocenters. The van der Waals surface area contributed by atoms with Crippen molar-refractivity contribution in [2.45, 2.75) is 70.4 Å². The zero-order chi connectivity index (χ0) is 26.8. The smallest absolute Gasteiger partial charge is 0.304 e. The fourth-order valence-electron chi connectivity index (χ4n) is 6.32. The number of piperidine rings is 1. The molecule has 2 heterocycles. The van der Waals surface area contributed by atoms with Gasteiger partial charge in [0.15, 0.2) is 0 Å². The number of benzene rings is 1. The van der Waals surface area contributed by atoms with Crippen LogP contribution in [0.1, 0.15) is 57.4 Å². The number of hydrogen-bond donors (Lipinski definition) is 2. The van der Waals surface area contributed by atoms with E-state index in [4.69, 9.17) is 23.2 Å². The molecule has 1 aromatic rings. The largest absolute Gasteiger partial charge is 0.481 e. The third-order valence-corrected chi connectivity index (χ3v) is 9.33. The van der Waals surface area contributed by atoms with E-state index in [0.717, 1.165) is 38.0 Å². The van der Waals surface area contributed by atoms with E-state index in [0.29, 0.717) is 48.4 Å². The molecule has 2 atom stereocenters. The average Bonchev–Trinajstić information content (AvgIpc) is 3.14. The fraction of sp³-hybridized carbons (Fsp3) is 0.704. The van der Waals surface area contributed by atoms with Gasteiger partial charge in [0.1, 0.15) is 0 Å². The third kappa shape index (κ3) is 6.94. The number of carboxylic acid groups (broad SMARTS) is 1. The van der Waals surface area contributed by atoms with Gasteiger partial charge in [0.05, 0.1) is 11.8 Å². The highest BCUT2D eigenvalue weighted by Gasteiger charge is 2.51. The van der Waals surface area contributed by atoms with Gasteiger partial charge in [0.25, 0.3) is 0 Å². The second-order valence-corrected chi connectivity index (χ2v) is 12.2. The first-order valence-electron chi connectivity index (χ1n) is 13.3. The van der Waals surface area contributed by atoms with Gasteiger partial charge in [-0.05, 0) is 49.7 Å². The Morgan fingerprint density at radius 3 is 2.30 bits per heavy atom. The molecule has 0 bridgehead atoms. The van der Waals surface area contributed by atoms with E-state index in [-0.39, 0.29) is 37.1 Å². The van der Waals surface area contributed by atoms with Crippen LogP contribution in [0.2, 0.25) is 10.0 Å². The number of carbonyl (C=O) groups is 2. The highest BCUT2D eigenvalue weighted by atomic mass is 35.5. The first-order chi connectivity index (χ1) is 17.5. The van der Waals surface area contributed by atoms with E-state index >= 15 is 0 Å². The molecule has 3 fully saturated rings. The molecule has 6 nitrogen and oxygen atoms in total. The maximum absolute atomic E-state index is 13.6. The number of nitrogens with zero attached hydrogens (tertiary/aromatic N) is 2. The van der Waals surface area contributed by atoms with Crippen molar-refractivity contribution in [1.29, 1.82) is 0 Å². The summed E-state index contributed by atoms with van der Waals surface area (Å²) in [6, 6.07) is 5.30. The fourth-order valence-corrected chi connectivity index (χ4v) is 6.84. The van der Waals surface area contributed by atoms with Crippen LogP contribution in [0.5, 0.6) is 0 Å². The van der Waals surface area contributed by atoms with E-state index < -0.39 is 17.3 Å². The summed E-state index contributed by atoms with van der Waals surface area (Å²) in [7, 11) is 0. The summed E-state index contributed by atoms with van der Waals surface area (Å²) in [6.45, 7) is 5.71. The Morgan fingerprint density at radius 1 is 1.08 bits per heavy atom. The Morgan fingerprint density at radius 2 is 1.70 bits per heavy atom. The van der Waals surface area contributed by atoms with Gasteiger partial charge in [-0.2, -0.15) is 0 Å². The Labute approximate surface area is 227 Å². The maximum Gasteiger partial charge on any atom is 0.304 e. The average molecular weight is 561 g/mol. The molecule has 4 rings (SSSR count). The summed E-state index contributed by atoms with van der Waals surface area (Å²) in [5, 5.41) is 14.0. The Hall–Kier alpha value is -1.48. The number of hydrogen-bond acceptors (Lipinski definition) is 4. The predicted molar refractivity (Wildman–Crippen MR) is 140 cm³/mol. The second kappa shape index (κ2) is 11.7. The van der Waals surface area contributed by atoms with Crippen molar-refractivity contribution in [1.82, 2.24) is 15.1 Å². The SMILES string of the molecule is CC1CN(Cc2c(Cl)cccc2Cl)CC1(CC(=O)O)C(=O)NC1CCN(CC2CCC(F)(F)CC2)CC1. The molecule has 3 aliphatic rings. The molecule has 206 valence electrons. The van der Waals surface area contributed by atoms with Crippen LogP contribution in [-0.4, -0.2) is 71.5 Å². The van der Waals surface area contributed by atoms with Gasteiger partial charge < -0.3 is 15.3 Å². The minimum Gasteiger partial charge on any atom is -0.481 e. The molecule has 2 aliphatic heterocycles. The van der Waals surface area contributed by atoms with Crippen LogP contribution in [0.25, 0.3) is 0 Å². The Balaban J connectivity index is 1.34. The summed E-state index contributed by atoms with van der Waals surface area (Å²) < 4.78 is 26.9. The van der Waals surface area contributed by atoms with Gasteiger partial charge in [-0.25, -0.2) is 8.78 Å². The van der Waals surface area contributed by atoms with Crippen LogP contribution in [0.15, 0.2) is 18.2 Å². The third-order valence-electron chi connectivity index (χ3n) is 8.62. The number of aliphatic carboxylic acids is 1.